The van der Waals surface area contributed by atoms with Gasteiger partial charge in [0, 0.05) is 43.1 Å². The first kappa shape index (κ1) is 25.0. The Morgan fingerprint density at radius 1 is 0.917 bits per heavy atom. The predicted molar refractivity (Wildman–Crippen MR) is 136 cm³/mol. The van der Waals surface area contributed by atoms with Crippen LogP contribution in [0.25, 0.3) is 0 Å². The highest BCUT2D eigenvalue weighted by atomic mass is 19.1. The summed E-state index contributed by atoms with van der Waals surface area (Å²) in [5, 5.41) is 5.61. The summed E-state index contributed by atoms with van der Waals surface area (Å²) in [4.78, 5) is 28.8. The summed E-state index contributed by atoms with van der Waals surface area (Å²) in [5.41, 5.74) is 2.96. The van der Waals surface area contributed by atoms with E-state index in [1.54, 1.807) is 30.2 Å². The van der Waals surface area contributed by atoms with Crippen LogP contribution in [0.4, 0.5) is 30.6 Å². The van der Waals surface area contributed by atoms with E-state index in [9.17, 15) is 18.4 Å². The summed E-state index contributed by atoms with van der Waals surface area (Å²) < 4.78 is 33.0. The molecule has 1 saturated heterocycles. The Hall–Kier alpha value is -4.14. The van der Waals surface area contributed by atoms with Crippen LogP contribution in [0.15, 0.2) is 60.7 Å². The monoisotopic (exact) mass is 494 g/mol. The van der Waals surface area contributed by atoms with Crippen LogP contribution < -0.4 is 20.3 Å². The number of urea groups is 1. The van der Waals surface area contributed by atoms with Crippen molar-refractivity contribution in [1.29, 1.82) is 0 Å². The highest BCUT2D eigenvalue weighted by Gasteiger charge is 2.23. The van der Waals surface area contributed by atoms with Crippen LogP contribution in [0.1, 0.15) is 11.1 Å². The summed E-state index contributed by atoms with van der Waals surface area (Å²) in [6, 6.07) is 16.2. The number of anilines is 3. The molecule has 36 heavy (non-hydrogen) atoms. The van der Waals surface area contributed by atoms with E-state index in [2.05, 4.69) is 15.5 Å². The van der Waals surface area contributed by atoms with Crippen LogP contribution in [-0.4, -0.2) is 50.1 Å². The molecule has 0 saturated carbocycles. The largest absolute Gasteiger partial charge is 0.495 e. The molecule has 3 amide bonds. The molecule has 1 aliphatic rings. The number of nitrogens with zero attached hydrogens (tertiary/aromatic N) is 2. The number of hydrogen-bond donors (Lipinski definition) is 2. The van der Waals surface area contributed by atoms with Crippen molar-refractivity contribution in [1.82, 2.24) is 4.90 Å². The fourth-order valence-electron chi connectivity index (χ4n) is 4.14. The van der Waals surface area contributed by atoms with Gasteiger partial charge in [0.05, 0.1) is 19.2 Å². The van der Waals surface area contributed by atoms with Crippen LogP contribution in [0.3, 0.4) is 0 Å². The number of piperazine rings is 1. The lowest BCUT2D eigenvalue weighted by atomic mass is 10.1. The van der Waals surface area contributed by atoms with E-state index in [0.717, 1.165) is 23.4 Å². The second kappa shape index (κ2) is 11.1. The number of rotatable bonds is 6. The van der Waals surface area contributed by atoms with E-state index in [0.29, 0.717) is 43.3 Å². The van der Waals surface area contributed by atoms with Crippen LogP contribution in [0, 0.1) is 18.6 Å². The zero-order valence-corrected chi connectivity index (χ0v) is 20.2. The third kappa shape index (κ3) is 5.91. The van der Waals surface area contributed by atoms with Crippen LogP contribution >= 0.6 is 0 Å². The van der Waals surface area contributed by atoms with Gasteiger partial charge < -0.3 is 25.2 Å². The molecule has 0 bridgehead atoms. The van der Waals surface area contributed by atoms with Gasteiger partial charge in [-0.3, -0.25) is 4.79 Å². The summed E-state index contributed by atoms with van der Waals surface area (Å²) >= 11 is 0. The zero-order valence-electron chi connectivity index (χ0n) is 20.2. The van der Waals surface area contributed by atoms with Gasteiger partial charge in [0.25, 0.3) is 0 Å². The molecule has 2 N–H and O–H groups in total. The van der Waals surface area contributed by atoms with Gasteiger partial charge in [-0.25, -0.2) is 13.6 Å². The Morgan fingerprint density at radius 3 is 2.22 bits per heavy atom. The molecule has 1 fully saturated rings. The lowest BCUT2D eigenvalue weighted by Gasteiger charge is -2.36. The number of carbonyl (C=O) groups is 2. The SMILES string of the molecule is COc1ccc(C)cc1NC(=O)Nc1ccc(N2CCN(C(=O)Cc3c(F)cccc3F)CC2)cc1. The number of amides is 3. The number of halogens is 2. The Balaban J connectivity index is 1.29. The molecule has 0 atom stereocenters. The minimum Gasteiger partial charge on any atom is -0.495 e. The number of benzene rings is 3. The molecule has 0 radical (unpaired) electrons. The van der Waals surface area contributed by atoms with Crippen molar-refractivity contribution < 1.29 is 23.1 Å². The maximum Gasteiger partial charge on any atom is 0.323 e. The van der Waals surface area contributed by atoms with Crippen LogP contribution in [0.5, 0.6) is 5.75 Å². The molecular formula is C27H28F2N4O3. The van der Waals surface area contributed by atoms with E-state index in [1.165, 1.54) is 6.07 Å². The lowest BCUT2D eigenvalue weighted by molar-refractivity contribution is -0.130. The number of nitrogens with one attached hydrogen (secondary N) is 2. The van der Waals surface area contributed by atoms with Crippen molar-refractivity contribution in [2.75, 3.05) is 48.8 Å². The number of hydrogen-bond acceptors (Lipinski definition) is 4. The molecule has 3 aromatic rings. The second-order valence-corrected chi connectivity index (χ2v) is 8.57. The number of carbonyl (C=O) groups excluding carboxylic acids is 2. The van der Waals surface area contributed by atoms with E-state index >= 15 is 0 Å². The highest BCUT2D eigenvalue weighted by molar-refractivity contribution is 6.00. The topological polar surface area (TPSA) is 73.9 Å². The average Bonchev–Trinajstić information content (AvgIpc) is 2.87. The van der Waals surface area contributed by atoms with E-state index in [-0.39, 0.29) is 23.9 Å². The molecule has 0 spiro atoms. The van der Waals surface area contributed by atoms with E-state index in [1.807, 2.05) is 31.2 Å². The molecule has 3 aromatic carbocycles. The van der Waals surface area contributed by atoms with Gasteiger partial charge in [0.1, 0.15) is 17.4 Å². The van der Waals surface area contributed by atoms with Crippen molar-refractivity contribution in [2.24, 2.45) is 0 Å². The van der Waals surface area contributed by atoms with E-state index < -0.39 is 11.6 Å². The van der Waals surface area contributed by atoms with Crippen molar-refractivity contribution in [3.05, 3.63) is 83.4 Å². The number of ether oxygens (including phenoxy) is 1. The smallest absolute Gasteiger partial charge is 0.323 e. The minimum absolute atomic E-state index is 0.196. The zero-order chi connectivity index (χ0) is 25.7. The van der Waals surface area contributed by atoms with Crippen molar-refractivity contribution in [3.8, 4) is 5.75 Å². The third-order valence-corrected chi connectivity index (χ3v) is 6.12. The standard InChI is InChI=1S/C27H28F2N4O3/c1-18-6-11-25(36-2)24(16-18)31-27(35)30-19-7-9-20(10-8-19)32-12-14-33(15-13-32)26(34)17-21-22(28)4-3-5-23(21)29/h3-11,16H,12-15,17H2,1-2H3,(H2,30,31,35). The summed E-state index contributed by atoms with van der Waals surface area (Å²) in [5.74, 6) is -1.14. The van der Waals surface area contributed by atoms with Gasteiger partial charge in [-0.1, -0.05) is 12.1 Å². The molecule has 7 nitrogen and oxygen atoms in total. The lowest BCUT2D eigenvalue weighted by Crippen LogP contribution is -2.49. The summed E-state index contributed by atoms with van der Waals surface area (Å²) in [6.07, 6.45) is -0.296. The Labute approximate surface area is 208 Å². The minimum atomic E-state index is -0.706. The Morgan fingerprint density at radius 2 is 1.58 bits per heavy atom. The molecule has 188 valence electrons. The quantitative estimate of drug-likeness (QED) is 0.516. The van der Waals surface area contributed by atoms with Crippen molar-refractivity contribution >= 4 is 29.0 Å². The fraction of sp³-hybridized carbons (Fsp3) is 0.259. The molecule has 0 unspecified atom stereocenters. The molecule has 1 aliphatic heterocycles. The normalized spacial score (nSPS) is 13.3. The second-order valence-electron chi connectivity index (χ2n) is 8.57. The number of methoxy groups -OCH3 is 1. The first-order valence-corrected chi connectivity index (χ1v) is 11.6. The molecule has 1 heterocycles. The Kier molecular flexibility index (Phi) is 7.68. The molecular weight excluding hydrogens is 466 g/mol. The number of aryl methyl sites for hydroxylation is 1. The molecule has 9 heteroatoms. The predicted octanol–water partition coefficient (Wildman–Crippen LogP) is 4.82. The van der Waals surface area contributed by atoms with Crippen LogP contribution in [-0.2, 0) is 11.2 Å². The van der Waals surface area contributed by atoms with Gasteiger partial charge >= 0.3 is 6.03 Å². The highest BCUT2D eigenvalue weighted by Crippen LogP contribution is 2.26. The third-order valence-electron chi connectivity index (χ3n) is 6.12. The van der Waals surface area contributed by atoms with Crippen molar-refractivity contribution in [2.45, 2.75) is 13.3 Å². The molecule has 4 rings (SSSR count). The first-order valence-electron chi connectivity index (χ1n) is 11.6. The van der Waals surface area contributed by atoms with Gasteiger partial charge in [-0.05, 0) is 61.0 Å². The summed E-state index contributed by atoms with van der Waals surface area (Å²) in [6.45, 7) is 4.02. The van der Waals surface area contributed by atoms with Gasteiger partial charge in [0.15, 0.2) is 0 Å². The van der Waals surface area contributed by atoms with Gasteiger partial charge in [0.2, 0.25) is 5.91 Å². The first-order chi connectivity index (χ1) is 17.3. The van der Waals surface area contributed by atoms with Crippen LogP contribution in [0.2, 0.25) is 0 Å². The maximum absolute atomic E-state index is 13.9. The molecule has 0 aromatic heterocycles. The van der Waals surface area contributed by atoms with Gasteiger partial charge in [-0.2, -0.15) is 0 Å². The fourth-order valence-corrected chi connectivity index (χ4v) is 4.14. The van der Waals surface area contributed by atoms with Crippen molar-refractivity contribution in [3.63, 3.8) is 0 Å². The van der Waals surface area contributed by atoms with E-state index in [4.69, 9.17) is 4.74 Å². The van der Waals surface area contributed by atoms with Gasteiger partial charge in [-0.15, -0.1) is 0 Å². The summed E-state index contributed by atoms with van der Waals surface area (Å²) in [7, 11) is 1.55. The Bertz CT molecular complexity index is 1220. The average molecular weight is 495 g/mol. The molecule has 0 aliphatic carbocycles. The maximum atomic E-state index is 13.9.